The number of rotatable bonds is 5. The minimum absolute atomic E-state index is 0.669. The summed E-state index contributed by atoms with van der Waals surface area (Å²) in [6.45, 7) is 0. The van der Waals surface area contributed by atoms with E-state index in [1.54, 1.807) is 0 Å². The molecule has 0 atom stereocenters. The quantitative estimate of drug-likeness (QED) is 0.185. The number of pyridine rings is 1. The van der Waals surface area contributed by atoms with Crippen LogP contribution in [0.3, 0.4) is 0 Å². The Labute approximate surface area is 292 Å². The molecule has 0 saturated carbocycles. The molecule has 10 aromatic rings. The minimum atomic E-state index is 0.669. The Bertz CT molecular complexity index is 2870. The van der Waals surface area contributed by atoms with E-state index in [2.05, 4.69) is 120 Å². The highest BCUT2D eigenvalue weighted by Crippen LogP contribution is 2.46. The van der Waals surface area contributed by atoms with Crippen molar-refractivity contribution in [3.05, 3.63) is 164 Å². The molecule has 10 rings (SSSR count). The molecule has 50 heavy (non-hydrogen) atoms. The van der Waals surface area contributed by atoms with Gasteiger partial charge in [-0.05, 0) is 59.2 Å². The number of hydrogen-bond acceptors (Lipinski definition) is 5. The van der Waals surface area contributed by atoms with Crippen molar-refractivity contribution in [3.63, 3.8) is 0 Å². The highest BCUT2D eigenvalue weighted by molar-refractivity contribution is 7.25. The summed E-state index contributed by atoms with van der Waals surface area (Å²) >= 11 is 1.83. The molecule has 0 aliphatic carbocycles. The van der Waals surface area contributed by atoms with Crippen molar-refractivity contribution in [2.45, 2.75) is 0 Å². The van der Waals surface area contributed by atoms with Crippen molar-refractivity contribution < 1.29 is 4.42 Å². The zero-order chi connectivity index (χ0) is 33.0. The summed E-state index contributed by atoms with van der Waals surface area (Å²) in [6.07, 6.45) is 3.66. The van der Waals surface area contributed by atoms with Crippen LogP contribution in [0.4, 0.5) is 0 Å². The highest BCUT2D eigenvalue weighted by Gasteiger charge is 2.22. The number of benzene rings is 6. The molecule has 0 aliphatic rings. The first-order chi connectivity index (χ1) is 24.8. The number of para-hydroxylation sites is 1. The zero-order valence-corrected chi connectivity index (χ0v) is 27.6. The number of thiophene rings is 1. The maximum atomic E-state index is 6.80. The van der Waals surface area contributed by atoms with Gasteiger partial charge in [0.25, 0.3) is 0 Å². The molecule has 6 aromatic carbocycles. The average Bonchev–Trinajstić information content (AvgIpc) is 3.77. The first-order valence-corrected chi connectivity index (χ1v) is 17.4. The SMILES string of the molecule is c1ccc(-c2nc(-c3ccccc3-c3ccncc3)cc(-c3ccc(-c4cccc5sc6ccccc6c45)c4oc5ccccc5c34)n2)cc1. The van der Waals surface area contributed by atoms with Gasteiger partial charge in [-0.3, -0.25) is 4.98 Å². The molecule has 0 aliphatic heterocycles. The second kappa shape index (κ2) is 11.6. The van der Waals surface area contributed by atoms with Gasteiger partial charge in [-0.25, -0.2) is 9.97 Å². The average molecular weight is 658 g/mol. The molecular weight excluding hydrogens is 631 g/mol. The van der Waals surface area contributed by atoms with Crippen LogP contribution in [0.5, 0.6) is 0 Å². The number of fused-ring (bicyclic) bond motifs is 6. The van der Waals surface area contributed by atoms with Gasteiger partial charge in [-0.15, -0.1) is 11.3 Å². The van der Waals surface area contributed by atoms with Crippen LogP contribution in [0, 0.1) is 0 Å². The van der Waals surface area contributed by atoms with Gasteiger partial charge < -0.3 is 4.42 Å². The summed E-state index contributed by atoms with van der Waals surface area (Å²) in [5.74, 6) is 0.669. The monoisotopic (exact) mass is 657 g/mol. The molecule has 234 valence electrons. The second-order valence-corrected chi connectivity index (χ2v) is 13.4. The second-order valence-electron chi connectivity index (χ2n) is 12.3. The predicted octanol–water partition coefficient (Wildman–Crippen LogP) is 12.5. The molecule has 5 heteroatoms. The summed E-state index contributed by atoms with van der Waals surface area (Å²) in [5, 5.41) is 4.62. The summed E-state index contributed by atoms with van der Waals surface area (Å²) in [4.78, 5) is 14.7. The van der Waals surface area contributed by atoms with Gasteiger partial charge >= 0.3 is 0 Å². The lowest BCUT2D eigenvalue weighted by Gasteiger charge is -2.14. The van der Waals surface area contributed by atoms with Crippen LogP contribution in [0.25, 0.3) is 98.3 Å². The first kappa shape index (κ1) is 28.6. The highest BCUT2D eigenvalue weighted by atomic mass is 32.1. The molecule has 0 radical (unpaired) electrons. The number of furan rings is 1. The standard InChI is InChI=1S/C45H27N3OS/c1-2-11-29(12-3-1)45-47-37(31-14-5-4-13-30(31)28-23-25-46-26-24-28)27-38(48-45)34-22-21-33(44-43(34)35-15-6-8-18-39(35)49-44)32-17-10-20-41-42(32)36-16-7-9-19-40(36)50-41/h1-27H. The lowest BCUT2D eigenvalue weighted by Crippen LogP contribution is -1.97. The number of hydrogen-bond donors (Lipinski definition) is 0. The smallest absolute Gasteiger partial charge is 0.160 e. The van der Waals surface area contributed by atoms with E-state index in [-0.39, 0.29) is 0 Å². The van der Waals surface area contributed by atoms with E-state index >= 15 is 0 Å². The third-order valence-electron chi connectivity index (χ3n) is 9.45. The van der Waals surface area contributed by atoms with E-state index in [1.807, 2.05) is 60.1 Å². The molecule has 4 aromatic heterocycles. The molecular formula is C45H27N3OS. The van der Waals surface area contributed by atoms with Gasteiger partial charge in [-0.1, -0.05) is 109 Å². The van der Waals surface area contributed by atoms with Crippen LogP contribution in [-0.2, 0) is 0 Å². The normalized spacial score (nSPS) is 11.6. The van der Waals surface area contributed by atoms with Crippen molar-refractivity contribution in [1.29, 1.82) is 0 Å². The van der Waals surface area contributed by atoms with Crippen molar-refractivity contribution >= 4 is 53.4 Å². The van der Waals surface area contributed by atoms with E-state index in [0.717, 1.165) is 72.3 Å². The predicted molar refractivity (Wildman–Crippen MR) is 207 cm³/mol. The maximum absolute atomic E-state index is 6.80. The fraction of sp³-hybridized carbons (Fsp3) is 0. The summed E-state index contributed by atoms with van der Waals surface area (Å²) in [5.41, 5.74) is 10.8. The Kier molecular flexibility index (Phi) is 6.64. The van der Waals surface area contributed by atoms with Gasteiger partial charge in [0.2, 0.25) is 0 Å². The van der Waals surface area contributed by atoms with Crippen molar-refractivity contribution in [2.24, 2.45) is 0 Å². The van der Waals surface area contributed by atoms with Crippen molar-refractivity contribution in [2.75, 3.05) is 0 Å². The molecule has 0 saturated heterocycles. The third-order valence-corrected chi connectivity index (χ3v) is 10.6. The summed E-state index contributed by atoms with van der Waals surface area (Å²) in [6, 6.07) is 52.8. The largest absolute Gasteiger partial charge is 0.455 e. The molecule has 0 unspecified atom stereocenters. The fourth-order valence-corrected chi connectivity index (χ4v) is 8.31. The molecule has 4 nitrogen and oxygen atoms in total. The summed E-state index contributed by atoms with van der Waals surface area (Å²) < 4.78 is 9.34. The van der Waals surface area contributed by atoms with E-state index in [1.165, 1.54) is 20.2 Å². The number of aromatic nitrogens is 3. The summed E-state index contributed by atoms with van der Waals surface area (Å²) in [7, 11) is 0. The molecule has 0 spiro atoms. The lowest BCUT2D eigenvalue weighted by atomic mass is 9.93. The van der Waals surface area contributed by atoms with E-state index < -0.39 is 0 Å². The van der Waals surface area contributed by atoms with Gasteiger partial charge in [0.1, 0.15) is 11.2 Å². The van der Waals surface area contributed by atoms with Crippen LogP contribution in [-0.4, -0.2) is 15.0 Å². The van der Waals surface area contributed by atoms with Crippen LogP contribution in [0.1, 0.15) is 0 Å². The Balaban J connectivity index is 1.26. The topological polar surface area (TPSA) is 51.8 Å². The zero-order valence-electron chi connectivity index (χ0n) is 26.7. The molecule has 0 bridgehead atoms. The van der Waals surface area contributed by atoms with Gasteiger partial charge in [0.05, 0.1) is 11.4 Å². The molecule has 0 fully saturated rings. The molecule has 0 N–H and O–H groups in total. The third kappa shape index (κ3) is 4.63. The Morgan fingerprint density at radius 1 is 0.440 bits per heavy atom. The van der Waals surface area contributed by atoms with Gasteiger partial charge in [0.15, 0.2) is 5.82 Å². The Hall–Kier alpha value is -6.43. The first-order valence-electron chi connectivity index (χ1n) is 16.6. The minimum Gasteiger partial charge on any atom is -0.455 e. The van der Waals surface area contributed by atoms with E-state index in [4.69, 9.17) is 14.4 Å². The van der Waals surface area contributed by atoms with E-state index in [0.29, 0.717) is 5.82 Å². The van der Waals surface area contributed by atoms with E-state index in [9.17, 15) is 0 Å². The maximum Gasteiger partial charge on any atom is 0.160 e. The van der Waals surface area contributed by atoms with Gasteiger partial charge in [0, 0.05) is 65.6 Å². The van der Waals surface area contributed by atoms with Crippen molar-refractivity contribution in [3.8, 4) is 56.2 Å². The Morgan fingerprint density at radius 2 is 1.10 bits per heavy atom. The van der Waals surface area contributed by atoms with Crippen LogP contribution >= 0.6 is 11.3 Å². The van der Waals surface area contributed by atoms with Gasteiger partial charge in [-0.2, -0.15) is 0 Å². The van der Waals surface area contributed by atoms with Crippen LogP contribution in [0.15, 0.2) is 168 Å². The molecule has 0 amide bonds. The Morgan fingerprint density at radius 3 is 1.96 bits per heavy atom. The van der Waals surface area contributed by atoms with Crippen molar-refractivity contribution in [1.82, 2.24) is 15.0 Å². The lowest BCUT2D eigenvalue weighted by molar-refractivity contribution is 0.670. The molecule has 4 heterocycles. The van der Waals surface area contributed by atoms with Crippen LogP contribution < -0.4 is 0 Å². The fourth-order valence-electron chi connectivity index (χ4n) is 7.18. The van der Waals surface area contributed by atoms with Crippen LogP contribution in [0.2, 0.25) is 0 Å². The number of nitrogens with zero attached hydrogens (tertiary/aromatic N) is 3.